The summed E-state index contributed by atoms with van der Waals surface area (Å²) in [5, 5.41) is 21.6. The molecule has 37 heavy (non-hydrogen) atoms. The normalized spacial score (nSPS) is 21.0. The number of alkyl halides is 3. The molecule has 192 valence electrons. The van der Waals surface area contributed by atoms with E-state index in [0.29, 0.717) is 32.8 Å². The van der Waals surface area contributed by atoms with Gasteiger partial charge >= 0.3 is 12.3 Å². The molecule has 2 heterocycles. The number of rotatable bonds is 5. The highest BCUT2D eigenvalue weighted by Crippen LogP contribution is 2.44. The van der Waals surface area contributed by atoms with Crippen molar-refractivity contribution in [1.82, 2.24) is 10.3 Å². The summed E-state index contributed by atoms with van der Waals surface area (Å²) in [6.07, 6.45) is -5.95. The van der Waals surface area contributed by atoms with Crippen LogP contribution in [0.2, 0.25) is 0 Å². The molecule has 5 rings (SSSR count). The fourth-order valence-electron chi connectivity index (χ4n) is 4.84. The number of aromatic nitrogens is 1. The number of amides is 2. The minimum Gasteiger partial charge on any atom is -0.466 e. The maximum atomic E-state index is 13.2. The van der Waals surface area contributed by atoms with Crippen LogP contribution in [0.25, 0.3) is 22.4 Å². The van der Waals surface area contributed by atoms with Gasteiger partial charge in [-0.25, -0.2) is 9.78 Å². The molecule has 1 aliphatic carbocycles. The highest BCUT2D eigenvalue weighted by Gasteiger charge is 2.46. The number of fused-ring (bicyclic) bond motifs is 1. The number of hydrogen-bond donors (Lipinski definition) is 3. The first-order chi connectivity index (χ1) is 17.5. The van der Waals surface area contributed by atoms with Crippen LogP contribution in [-0.4, -0.2) is 52.6 Å². The molecular weight excluding hydrogens is 491 g/mol. The second kappa shape index (κ2) is 9.07. The Labute approximate surface area is 209 Å². The zero-order valence-electron chi connectivity index (χ0n) is 19.3. The van der Waals surface area contributed by atoms with Crippen molar-refractivity contribution in [3.63, 3.8) is 0 Å². The topological polar surface area (TPSA) is 112 Å². The molecule has 0 spiro atoms. The maximum Gasteiger partial charge on any atom is 0.406 e. The number of hydrogen-bond acceptors (Lipinski definition) is 5. The quantitative estimate of drug-likeness (QED) is 0.469. The molecule has 2 aromatic carbocycles. The third kappa shape index (κ3) is 4.82. The number of carbonyl (C=O) groups is 2. The summed E-state index contributed by atoms with van der Waals surface area (Å²) in [4.78, 5) is 28.8. The summed E-state index contributed by atoms with van der Waals surface area (Å²) < 4.78 is 45.1. The maximum absolute atomic E-state index is 13.2. The van der Waals surface area contributed by atoms with Crippen LogP contribution in [0.5, 0.6) is 5.88 Å². The van der Waals surface area contributed by atoms with Gasteiger partial charge in [-0.2, -0.15) is 13.2 Å². The van der Waals surface area contributed by atoms with Gasteiger partial charge in [0.15, 0.2) is 6.61 Å². The predicted molar refractivity (Wildman–Crippen MR) is 127 cm³/mol. The molecule has 1 saturated carbocycles. The number of pyridine rings is 1. The van der Waals surface area contributed by atoms with E-state index in [-0.39, 0.29) is 24.4 Å². The lowest BCUT2D eigenvalue weighted by Gasteiger charge is -2.45. The zero-order valence-corrected chi connectivity index (χ0v) is 19.3. The van der Waals surface area contributed by atoms with Crippen molar-refractivity contribution < 1.29 is 37.7 Å². The molecule has 0 saturated heterocycles. The average molecular weight is 513 g/mol. The molecule has 0 radical (unpaired) electrons. The summed E-state index contributed by atoms with van der Waals surface area (Å²) >= 11 is 0. The van der Waals surface area contributed by atoms with Crippen molar-refractivity contribution in [3.8, 4) is 28.3 Å². The number of carboxylic acid groups (broad SMARTS) is 1. The molecule has 1 aromatic heterocycles. The number of nitrogens with one attached hydrogen (secondary N) is 1. The van der Waals surface area contributed by atoms with Gasteiger partial charge in [-0.1, -0.05) is 54.6 Å². The molecule has 3 N–H and O–H groups in total. The van der Waals surface area contributed by atoms with Gasteiger partial charge in [-0.05, 0) is 17.2 Å². The van der Waals surface area contributed by atoms with Gasteiger partial charge in [0.05, 0.1) is 17.3 Å². The van der Waals surface area contributed by atoms with Gasteiger partial charge < -0.3 is 20.3 Å². The highest BCUT2D eigenvalue weighted by atomic mass is 19.4. The predicted octanol–water partition coefficient (Wildman–Crippen LogP) is 4.32. The van der Waals surface area contributed by atoms with Crippen LogP contribution >= 0.6 is 0 Å². The summed E-state index contributed by atoms with van der Waals surface area (Å²) in [5.41, 5.74) is 1.90. The van der Waals surface area contributed by atoms with E-state index in [0.717, 1.165) is 0 Å². The van der Waals surface area contributed by atoms with E-state index in [1.807, 2.05) is 0 Å². The lowest BCUT2D eigenvalue weighted by atomic mass is 9.69. The van der Waals surface area contributed by atoms with Gasteiger partial charge in [-0.15, -0.1) is 0 Å². The van der Waals surface area contributed by atoms with Crippen LogP contribution in [0.4, 0.5) is 23.7 Å². The summed E-state index contributed by atoms with van der Waals surface area (Å²) in [6.45, 7) is -2.03. The SMILES string of the molecule is O=C(O)NC1(c2ccc(-c3nc4c(cc3-c3ccccc3)N(CC(F)(F)F)C(=O)CO4)cc2)CC(O)C1. The summed E-state index contributed by atoms with van der Waals surface area (Å²) in [7, 11) is 0. The third-order valence-corrected chi connectivity index (χ3v) is 6.54. The van der Waals surface area contributed by atoms with Crippen molar-refractivity contribution in [2.24, 2.45) is 0 Å². The lowest BCUT2D eigenvalue weighted by molar-refractivity contribution is -0.134. The Morgan fingerprint density at radius 2 is 1.78 bits per heavy atom. The van der Waals surface area contributed by atoms with Crippen LogP contribution < -0.4 is 15.0 Å². The van der Waals surface area contributed by atoms with Crippen LogP contribution in [0.3, 0.4) is 0 Å². The van der Waals surface area contributed by atoms with Gasteiger partial charge in [0.2, 0.25) is 5.88 Å². The summed E-state index contributed by atoms with van der Waals surface area (Å²) in [6, 6.07) is 17.3. The number of carbonyl (C=O) groups excluding carboxylic acids is 1. The summed E-state index contributed by atoms with van der Waals surface area (Å²) in [5.74, 6) is -0.907. The van der Waals surface area contributed by atoms with E-state index in [4.69, 9.17) is 4.74 Å². The van der Waals surface area contributed by atoms with Crippen LogP contribution in [0, 0.1) is 0 Å². The number of nitrogens with zero attached hydrogens (tertiary/aromatic N) is 2. The molecular formula is C26H22F3N3O5. The number of aliphatic hydroxyl groups excluding tert-OH is 1. The molecule has 2 amide bonds. The van der Waals surface area contributed by atoms with Crippen molar-refractivity contribution in [2.75, 3.05) is 18.1 Å². The Morgan fingerprint density at radius 3 is 2.38 bits per heavy atom. The molecule has 0 bridgehead atoms. The Kier molecular flexibility index (Phi) is 6.03. The molecule has 0 unspecified atom stereocenters. The average Bonchev–Trinajstić information content (AvgIpc) is 2.83. The molecule has 2 aliphatic rings. The highest BCUT2D eigenvalue weighted by molar-refractivity contribution is 5.99. The van der Waals surface area contributed by atoms with Gasteiger partial charge in [-0.3, -0.25) is 9.69 Å². The van der Waals surface area contributed by atoms with E-state index in [9.17, 15) is 33.0 Å². The molecule has 11 heteroatoms. The molecule has 3 aromatic rings. The fraction of sp³-hybridized carbons (Fsp3) is 0.269. The monoisotopic (exact) mass is 513 g/mol. The van der Waals surface area contributed by atoms with E-state index in [1.54, 1.807) is 54.6 Å². The fourth-order valence-corrected chi connectivity index (χ4v) is 4.84. The van der Waals surface area contributed by atoms with E-state index < -0.39 is 43.0 Å². The first kappa shape index (κ1) is 24.6. The number of ether oxygens (including phenoxy) is 1. The number of benzene rings is 2. The third-order valence-electron chi connectivity index (χ3n) is 6.54. The van der Waals surface area contributed by atoms with Crippen LogP contribution in [0.1, 0.15) is 18.4 Å². The van der Waals surface area contributed by atoms with Crippen LogP contribution in [-0.2, 0) is 10.3 Å². The van der Waals surface area contributed by atoms with Crippen molar-refractivity contribution in [1.29, 1.82) is 0 Å². The van der Waals surface area contributed by atoms with E-state index >= 15 is 0 Å². The molecule has 1 fully saturated rings. The number of aliphatic hydroxyl groups is 1. The van der Waals surface area contributed by atoms with Crippen molar-refractivity contribution >= 4 is 17.7 Å². The zero-order chi connectivity index (χ0) is 26.4. The smallest absolute Gasteiger partial charge is 0.406 e. The van der Waals surface area contributed by atoms with Crippen molar-refractivity contribution in [2.45, 2.75) is 30.7 Å². The number of anilines is 1. The Balaban J connectivity index is 1.59. The second-order valence-corrected chi connectivity index (χ2v) is 9.11. The van der Waals surface area contributed by atoms with Gasteiger partial charge in [0.25, 0.3) is 5.91 Å². The lowest BCUT2D eigenvalue weighted by Crippen LogP contribution is -2.56. The number of halogens is 3. The largest absolute Gasteiger partial charge is 0.466 e. The van der Waals surface area contributed by atoms with E-state index in [1.165, 1.54) is 6.07 Å². The Morgan fingerprint density at radius 1 is 1.11 bits per heavy atom. The minimum absolute atomic E-state index is 0.0686. The van der Waals surface area contributed by atoms with Crippen molar-refractivity contribution in [3.05, 3.63) is 66.2 Å². The Hall–Kier alpha value is -4.12. The van der Waals surface area contributed by atoms with E-state index in [2.05, 4.69) is 10.3 Å². The molecule has 1 aliphatic heterocycles. The molecule has 8 nitrogen and oxygen atoms in total. The Bertz CT molecular complexity index is 1340. The standard InChI is InChI=1S/C26H22F3N3O5/c27-26(28,29)14-32-20-10-19(15-4-2-1-3-5-15)22(30-23(20)37-13-21(32)34)16-6-8-17(9-7-16)25(31-24(35)36)11-18(33)12-25/h1-10,18,31,33H,11-14H2,(H,35,36). The van der Waals surface area contributed by atoms with Gasteiger partial charge in [0.1, 0.15) is 12.2 Å². The minimum atomic E-state index is -4.61. The van der Waals surface area contributed by atoms with Crippen LogP contribution in [0.15, 0.2) is 60.7 Å². The first-order valence-corrected chi connectivity index (χ1v) is 11.5. The van der Waals surface area contributed by atoms with Gasteiger partial charge in [0, 0.05) is 24.0 Å². The molecule has 0 atom stereocenters. The first-order valence-electron chi connectivity index (χ1n) is 11.5. The second-order valence-electron chi connectivity index (χ2n) is 9.11.